The summed E-state index contributed by atoms with van der Waals surface area (Å²) in [5.74, 6) is 0.356. The van der Waals surface area contributed by atoms with Gasteiger partial charge in [-0.1, -0.05) is 12.1 Å². The van der Waals surface area contributed by atoms with Crippen LogP contribution in [0.4, 0.5) is 0 Å². The van der Waals surface area contributed by atoms with Crippen molar-refractivity contribution in [2.24, 2.45) is 0 Å². The molecule has 0 radical (unpaired) electrons. The number of hydrogen-bond donors (Lipinski definition) is 6. The van der Waals surface area contributed by atoms with Gasteiger partial charge in [0.05, 0.1) is 29.4 Å². The second kappa shape index (κ2) is 23.1. The summed E-state index contributed by atoms with van der Waals surface area (Å²) in [6, 6.07) is 29.5. The van der Waals surface area contributed by atoms with Crippen molar-refractivity contribution in [1.82, 2.24) is 19.9 Å². The molecule has 1 aromatic carbocycles. The maximum Gasteiger partial charge on any atom is 0.229 e. The molecule has 0 unspecified atom stereocenters. The SMILES string of the molecule is CC(C)[n+]1ccc(-c2c3nc(c(-c4cc[n+](C(C)C)cc4)c4ccc([nH]4)c(-c4ccc(O[C@@H]5O[C@H](CO)[C@@H](O)[C@H](O)[C@H]5O)cc4)c4ccc([nH]4)c(-c4cc[n+](C(C)C)cc4)c4nc2C=C4)C=C3)cc1.[I-].[I-].[I-]. The highest BCUT2D eigenvalue weighted by Crippen LogP contribution is 2.39. The molecule has 0 spiro atoms. The molecule has 1 fully saturated rings. The molecule has 16 heteroatoms. The van der Waals surface area contributed by atoms with Gasteiger partial charge in [-0.3, -0.25) is 0 Å². The first kappa shape index (κ1) is 54.8. The molecular formula is C56H58I3N7O6. The molecule has 7 aromatic rings. The summed E-state index contributed by atoms with van der Waals surface area (Å²) in [4.78, 5) is 18.6. The lowest BCUT2D eigenvalue weighted by Crippen LogP contribution is -3.00. The van der Waals surface area contributed by atoms with Crippen LogP contribution in [0.3, 0.4) is 0 Å². The molecule has 1 saturated heterocycles. The molecule has 6 N–H and O–H groups in total. The predicted molar refractivity (Wildman–Crippen MR) is 267 cm³/mol. The number of fused-ring (bicyclic) bond motifs is 8. The maximum atomic E-state index is 10.7. The molecule has 9 heterocycles. The van der Waals surface area contributed by atoms with Crippen LogP contribution in [0.5, 0.6) is 5.75 Å². The Morgan fingerprint density at radius 2 is 0.819 bits per heavy atom. The van der Waals surface area contributed by atoms with Gasteiger partial charge in [-0.25, -0.2) is 23.7 Å². The molecule has 72 heavy (non-hydrogen) atoms. The van der Waals surface area contributed by atoms with Gasteiger partial charge in [0.1, 0.15) is 30.2 Å². The van der Waals surface area contributed by atoms with Gasteiger partial charge in [0.15, 0.2) is 55.3 Å². The smallest absolute Gasteiger partial charge is 0.229 e. The van der Waals surface area contributed by atoms with E-state index in [0.717, 1.165) is 89.4 Å². The number of H-pyrrole nitrogens is 2. The van der Waals surface area contributed by atoms with E-state index in [-0.39, 0.29) is 84.0 Å². The molecule has 6 aromatic heterocycles. The van der Waals surface area contributed by atoms with Crippen LogP contribution in [-0.2, 0) is 4.74 Å². The highest BCUT2D eigenvalue weighted by molar-refractivity contribution is 6.00. The summed E-state index contributed by atoms with van der Waals surface area (Å²) in [7, 11) is 0. The Hall–Kier alpha value is -4.94. The van der Waals surface area contributed by atoms with Gasteiger partial charge in [0, 0.05) is 80.7 Å². The van der Waals surface area contributed by atoms with Crippen molar-refractivity contribution in [3.63, 3.8) is 0 Å². The number of halogens is 3. The lowest BCUT2D eigenvalue weighted by Gasteiger charge is -2.39. The van der Waals surface area contributed by atoms with Crippen molar-refractivity contribution in [3.05, 3.63) is 145 Å². The van der Waals surface area contributed by atoms with Crippen LogP contribution < -0.4 is 90.4 Å². The van der Waals surface area contributed by atoms with Crippen LogP contribution in [-0.4, -0.2) is 77.7 Å². The number of nitrogens with one attached hydrogen (secondary N) is 2. The average Bonchev–Trinajstić information content (AvgIpc) is 4.21. The predicted octanol–water partition coefficient (Wildman–Crippen LogP) is -0.880. The number of ether oxygens (including phenoxy) is 2. The second-order valence-corrected chi connectivity index (χ2v) is 18.7. The number of pyridine rings is 3. The molecule has 13 nitrogen and oxygen atoms in total. The normalized spacial score (nSPS) is 18.2. The van der Waals surface area contributed by atoms with E-state index in [0.29, 0.717) is 11.8 Å². The van der Waals surface area contributed by atoms with Crippen molar-refractivity contribution in [1.29, 1.82) is 0 Å². The maximum absolute atomic E-state index is 10.7. The number of hydrogen-bond acceptors (Lipinski definition) is 8. The Balaban J connectivity index is 0.00000253. The topological polar surface area (TPSA) is 168 Å². The minimum atomic E-state index is -1.56. The standard InChI is InChI=1S/C56H57N7O6.3HI/c1-32(2)61-25-19-36(20-26-61)50-42-13-11-40(57-42)49(35-7-9-39(10-8-35)68-56-55(67)54(66)53(65)48(31-64)69-56)41-12-14-43(58-41)51(37-21-27-62(28-22-37)33(3)4)45-16-18-47(60-45)52(46-17-15-44(50)59-46)38-23-29-63(30-24-38)34(5)6;;;/h7-30,32-34,48,53-56,64-67H,31H2,1-6H3,(H,57,58,59,60);3*1H/q+2;;;/p-2/t48-,53-,54+,55-,56-;;;/m1.../s1. The van der Waals surface area contributed by atoms with Gasteiger partial charge < -0.3 is 112 Å². The van der Waals surface area contributed by atoms with Crippen molar-refractivity contribution in [2.45, 2.75) is 90.4 Å². The second-order valence-electron chi connectivity index (χ2n) is 18.7. The fourth-order valence-corrected chi connectivity index (χ4v) is 9.27. The number of aromatic nitrogens is 7. The van der Waals surface area contributed by atoms with E-state index in [1.807, 2.05) is 12.1 Å². The minimum absolute atomic E-state index is 0. The Labute approximate surface area is 470 Å². The van der Waals surface area contributed by atoms with Crippen LogP contribution in [0.25, 0.3) is 90.9 Å². The van der Waals surface area contributed by atoms with Gasteiger partial charge in [-0.15, -0.1) is 0 Å². The molecule has 10 rings (SSSR count). The first-order chi connectivity index (χ1) is 33.3. The molecule has 0 amide bonds. The largest absolute Gasteiger partial charge is 1.00 e. The number of aliphatic hydroxyl groups excluding tert-OH is 4. The number of nitrogens with zero attached hydrogens (tertiary/aromatic N) is 5. The molecule has 8 bridgehead atoms. The first-order valence-electron chi connectivity index (χ1n) is 23.6. The quantitative estimate of drug-likeness (QED) is 0.0760. The highest BCUT2D eigenvalue weighted by atomic mass is 127. The van der Waals surface area contributed by atoms with E-state index in [4.69, 9.17) is 19.4 Å². The van der Waals surface area contributed by atoms with Crippen molar-refractivity contribution in [3.8, 4) is 50.3 Å². The Morgan fingerprint density at radius 3 is 1.19 bits per heavy atom. The zero-order valence-electron chi connectivity index (χ0n) is 40.7. The number of aromatic amines is 2. The van der Waals surface area contributed by atoms with Crippen molar-refractivity contribution < 1.29 is 116 Å². The zero-order chi connectivity index (χ0) is 48.1. The van der Waals surface area contributed by atoms with Crippen LogP contribution >= 0.6 is 0 Å². The summed E-state index contributed by atoms with van der Waals surface area (Å²) in [6.07, 6.45) is 14.0. The molecule has 0 aliphatic carbocycles. The minimum Gasteiger partial charge on any atom is -1.00 e. The summed E-state index contributed by atoms with van der Waals surface area (Å²) in [5, 5.41) is 41.3. The van der Waals surface area contributed by atoms with Crippen LogP contribution in [0.2, 0.25) is 0 Å². The molecule has 0 saturated carbocycles. The zero-order valence-corrected chi connectivity index (χ0v) is 47.1. The molecule has 3 aliphatic heterocycles. The average molecular weight is 1310 g/mol. The number of benzene rings is 1. The summed E-state index contributed by atoms with van der Waals surface area (Å²) >= 11 is 0. The molecule has 374 valence electrons. The number of rotatable bonds is 10. The van der Waals surface area contributed by atoms with E-state index in [2.05, 4.69) is 187 Å². The third kappa shape index (κ3) is 10.8. The Kier molecular flexibility index (Phi) is 17.6. The summed E-state index contributed by atoms with van der Waals surface area (Å²) in [5.41, 5.74) is 14.2. The van der Waals surface area contributed by atoms with E-state index >= 15 is 0 Å². The van der Waals surface area contributed by atoms with Crippen molar-refractivity contribution >= 4 is 46.4 Å². The fraction of sp³-hybridized carbons (Fsp3) is 0.268. The summed E-state index contributed by atoms with van der Waals surface area (Å²) in [6.45, 7) is 12.4. The molecule has 5 atom stereocenters. The Morgan fingerprint density at radius 1 is 0.472 bits per heavy atom. The van der Waals surface area contributed by atoms with Crippen LogP contribution in [0.1, 0.15) is 82.4 Å². The van der Waals surface area contributed by atoms with Crippen LogP contribution in [0.15, 0.2) is 122 Å². The van der Waals surface area contributed by atoms with Gasteiger partial charge in [0.25, 0.3) is 0 Å². The molecular weight excluding hydrogens is 1250 g/mol. The van der Waals surface area contributed by atoms with E-state index in [9.17, 15) is 20.4 Å². The fourth-order valence-electron chi connectivity index (χ4n) is 9.27. The van der Waals surface area contributed by atoms with E-state index in [1.54, 1.807) is 12.1 Å². The monoisotopic (exact) mass is 1310 g/mol. The van der Waals surface area contributed by atoms with Crippen molar-refractivity contribution in [2.75, 3.05) is 6.61 Å². The third-order valence-electron chi connectivity index (χ3n) is 13.2. The lowest BCUT2D eigenvalue weighted by atomic mass is 9.99. The third-order valence-corrected chi connectivity index (χ3v) is 13.2. The van der Waals surface area contributed by atoms with Gasteiger partial charge in [0.2, 0.25) is 6.29 Å². The van der Waals surface area contributed by atoms with Gasteiger partial charge in [-0.2, -0.15) is 0 Å². The van der Waals surface area contributed by atoms with Gasteiger partial charge >= 0.3 is 0 Å². The summed E-state index contributed by atoms with van der Waals surface area (Å²) < 4.78 is 18.2. The first-order valence-corrected chi connectivity index (χ1v) is 23.6. The Bertz CT molecular complexity index is 3110. The molecule has 3 aliphatic rings. The lowest BCUT2D eigenvalue weighted by molar-refractivity contribution is -0.716. The van der Waals surface area contributed by atoms with Crippen LogP contribution in [0, 0.1) is 0 Å². The van der Waals surface area contributed by atoms with E-state index < -0.39 is 37.3 Å². The van der Waals surface area contributed by atoms with Gasteiger partial charge in [-0.05, 0) is 124 Å². The van der Waals surface area contributed by atoms with E-state index in [1.165, 1.54) is 0 Å². The number of aliphatic hydroxyl groups is 4. The highest BCUT2D eigenvalue weighted by Gasteiger charge is 2.44.